The van der Waals surface area contributed by atoms with Gasteiger partial charge in [-0.3, -0.25) is 4.79 Å². The predicted octanol–water partition coefficient (Wildman–Crippen LogP) is 3.70. The summed E-state index contributed by atoms with van der Waals surface area (Å²) in [5.41, 5.74) is 2.05. The summed E-state index contributed by atoms with van der Waals surface area (Å²) < 4.78 is 0. The van der Waals surface area contributed by atoms with E-state index in [2.05, 4.69) is 5.32 Å². The minimum atomic E-state index is -0.733. The van der Waals surface area contributed by atoms with Crippen LogP contribution in [-0.4, -0.2) is 34.6 Å². The van der Waals surface area contributed by atoms with E-state index in [1.54, 1.807) is 11.0 Å². The van der Waals surface area contributed by atoms with E-state index in [-0.39, 0.29) is 18.0 Å². The molecule has 0 aromatic heterocycles. The average molecular weight is 371 g/mol. The first-order chi connectivity index (χ1) is 11.5. The molecule has 1 saturated carbocycles. The van der Waals surface area contributed by atoms with Gasteiger partial charge in [0.1, 0.15) is 0 Å². The Morgan fingerprint density at radius 1 is 1.17 bits per heavy atom. The van der Waals surface area contributed by atoms with Crippen LogP contribution in [0.25, 0.3) is 0 Å². The Kier molecular flexibility index (Phi) is 5.21. The molecule has 0 radical (unpaired) electrons. The number of benzene rings is 1. The lowest BCUT2D eigenvalue weighted by atomic mass is 9.86. The van der Waals surface area contributed by atoms with Crippen LogP contribution in [0, 0.1) is 5.92 Å². The Hall–Kier alpha value is -1.46. The number of carbonyl (C=O) groups excluding carboxylic acids is 1. The van der Waals surface area contributed by atoms with Crippen molar-refractivity contribution < 1.29 is 14.7 Å². The van der Waals surface area contributed by atoms with Crippen molar-refractivity contribution in [3.05, 3.63) is 33.3 Å². The lowest BCUT2D eigenvalue weighted by Crippen LogP contribution is -2.47. The summed E-state index contributed by atoms with van der Waals surface area (Å²) in [5, 5.41) is 13.2. The van der Waals surface area contributed by atoms with Crippen LogP contribution in [0.5, 0.6) is 0 Å². The Morgan fingerprint density at radius 2 is 1.88 bits per heavy atom. The molecule has 7 heteroatoms. The molecule has 0 bridgehead atoms. The van der Waals surface area contributed by atoms with Gasteiger partial charge in [-0.25, -0.2) is 4.79 Å². The van der Waals surface area contributed by atoms with Crippen molar-refractivity contribution in [3.8, 4) is 0 Å². The zero-order valence-electron chi connectivity index (χ0n) is 13.2. The zero-order valence-corrected chi connectivity index (χ0v) is 14.7. The molecular weight excluding hydrogens is 351 g/mol. The maximum absolute atomic E-state index is 12.5. The van der Waals surface area contributed by atoms with Gasteiger partial charge < -0.3 is 15.3 Å². The number of halogens is 2. The molecule has 1 aliphatic heterocycles. The Balaban J connectivity index is 1.57. The molecule has 24 heavy (non-hydrogen) atoms. The van der Waals surface area contributed by atoms with Crippen LogP contribution in [0.4, 0.5) is 4.79 Å². The Morgan fingerprint density at radius 3 is 2.54 bits per heavy atom. The van der Waals surface area contributed by atoms with Gasteiger partial charge in [-0.05, 0) is 49.3 Å². The number of carboxylic acid groups (broad SMARTS) is 1. The van der Waals surface area contributed by atoms with Crippen molar-refractivity contribution in [2.75, 3.05) is 6.54 Å². The third kappa shape index (κ3) is 3.62. The summed E-state index contributed by atoms with van der Waals surface area (Å²) in [6.07, 6.45) is 3.37. The highest BCUT2D eigenvalue weighted by Gasteiger charge is 2.29. The van der Waals surface area contributed by atoms with Crippen molar-refractivity contribution in [2.45, 2.75) is 44.7 Å². The topological polar surface area (TPSA) is 69.6 Å². The molecule has 2 N–H and O–H groups in total. The van der Waals surface area contributed by atoms with E-state index < -0.39 is 5.97 Å². The molecule has 0 saturated heterocycles. The van der Waals surface area contributed by atoms with Gasteiger partial charge in [0.05, 0.1) is 16.0 Å². The van der Waals surface area contributed by atoms with Crippen molar-refractivity contribution in [1.29, 1.82) is 0 Å². The quantitative estimate of drug-likeness (QED) is 0.833. The summed E-state index contributed by atoms with van der Waals surface area (Å²) in [7, 11) is 0. The monoisotopic (exact) mass is 370 g/mol. The predicted molar refractivity (Wildman–Crippen MR) is 92.5 cm³/mol. The number of hydrogen-bond acceptors (Lipinski definition) is 2. The van der Waals surface area contributed by atoms with E-state index in [9.17, 15) is 9.59 Å². The Labute approximate surface area is 150 Å². The number of rotatable bonds is 2. The van der Waals surface area contributed by atoms with Gasteiger partial charge in [0.2, 0.25) is 0 Å². The molecule has 1 aromatic carbocycles. The molecule has 2 amide bonds. The first-order valence-electron chi connectivity index (χ1n) is 8.19. The third-order valence-electron chi connectivity index (χ3n) is 4.98. The van der Waals surface area contributed by atoms with E-state index in [4.69, 9.17) is 28.3 Å². The number of nitrogens with one attached hydrogen (secondary N) is 1. The summed E-state index contributed by atoms with van der Waals surface area (Å²) >= 11 is 12.3. The van der Waals surface area contributed by atoms with Crippen molar-refractivity contribution >= 4 is 35.2 Å². The number of hydrogen-bond donors (Lipinski definition) is 2. The summed E-state index contributed by atoms with van der Waals surface area (Å²) in [6.45, 7) is 1.12. The molecule has 1 aliphatic carbocycles. The van der Waals surface area contributed by atoms with Crippen molar-refractivity contribution in [2.24, 2.45) is 5.92 Å². The van der Waals surface area contributed by atoms with Gasteiger partial charge in [0.15, 0.2) is 0 Å². The van der Waals surface area contributed by atoms with Crippen LogP contribution in [0.1, 0.15) is 36.8 Å². The van der Waals surface area contributed by atoms with Crippen LogP contribution in [0.15, 0.2) is 12.1 Å². The molecule has 2 aliphatic rings. The second kappa shape index (κ2) is 7.19. The fraction of sp³-hybridized carbons (Fsp3) is 0.529. The minimum Gasteiger partial charge on any atom is -0.481 e. The first kappa shape index (κ1) is 17.4. The second-order valence-corrected chi connectivity index (χ2v) is 7.29. The lowest BCUT2D eigenvalue weighted by Gasteiger charge is -2.33. The molecular formula is C17H20Cl2N2O3. The molecule has 130 valence electrons. The van der Waals surface area contributed by atoms with E-state index in [0.29, 0.717) is 55.2 Å². The van der Waals surface area contributed by atoms with Gasteiger partial charge in [-0.1, -0.05) is 29.3 Å². The molecule has 5 nitrogen and oxygen atoms in total. The highest BCUT2D eigenvalue weighted by atomic mass is 35.5. The van der Waals surface area contributed by atoms with E-state index >= 15 is 0 Å². The molecule has 1 fully saturated rings. The highest BCUT2D eigenvalue weighted by Crippen LogP contribution is 2.32. The normalized spacial score (nSPS) is 23.5. The van der Waals surface area contributed by atoms with Crippen LogP contribution < -0.4 is 5.32 Å². The van der Waals surface area contributed by atoms with Gasteiger partial charge in [-0.2, -0.15) is 0 Å². The summed E-state index contributed by atoms with van der Waals surface area (Å²) in [6, 6.07) is 3.65. The maximum Gasteiger partial charge on any atom is 0.317 e. The average Bonchev–Trinajstić information content (AvgIpc) is 2.58. The van der Waals surface area contributed by atoms with E-state index in [1.165, 1.54) is 0 Å². The first-order valence-corrected chi connectivity index (χ1v) is 8.95. The highest BCUT2D eigenvalue weighted by molar-refractivity contribution is 6.42. The lowest BCUT2D eigenvalue weighted by molar-refractivity contribution is -0.142. The van der Waals surface area contributed by atoms with Crippen molar-refractivity contribution in [1.82, 2.24) is 10.2 Å². The fourth-order valence-corrected chi connectivity index (χ4v) is 3.96. The van der Waals surface area contributed by atoms with Gasteiger partial charge in [0, 0.05) is 19.1 Å². The molecule has 0 unspecified atom stereocenters. The number of carboxylic acids is 1. The smallest absolute Gasteiger partial charge is 0.317 e. The van der Waals surface area contributed by atoms with Gasteiger partial charge in [0.25, 0.3) is 0 Å². The van der Waals surface area contributed by atoms with E-state index in [0.717, 1.165) is 11.1 Å². The van der Waals surface area contributed by atoms with Crippen LogP contribution in [0.2, 0.25) is 10.0 Å². The zero-order chi connectivity index (χ0) is 17.3. The van der Waals surface area contributed by atoms with Gasteiger partial charge in [-0.15, -0.1) is 0 Å². The standard InChI is InChI=1S/C17H20Cl2N2O3/c18-14-6-3-11-9-21(8-7-13(11)15(14)19)17(24)20-12-4-1-10(2-5-12)16(22)23/h3,6,10,12H,1-2,4-5,7-9H2,(H,20,24)(H,22,23). The van der Waals surface area contributed by atoms with Gasteiger partial charge >= 0.3 is 12.0 Å². The number of urea groups is 1. The molecule has 3 rings (SSSR count). The molecule has 1 heterocycles. The number of carbonyl (C=O) groups is 2. The second-order valence-electron chi connectivity index (χ2n) is 6.51. The number of nitrogens with zero attached hydrogens (tertiary/aromatic N) is 1. The maximum atomic E-state index is 12.5. The van der Waals surface area contributed by atoms with Crippen LogP contribution >= 0.6 is 23.2 Å². The van der Waals surface area contributed by atoms with E-state index in [1.807, 2.05) is 6.07 Å². The fourth-order valence-electron chi connectivity index (χ4n) is 3.51. The molecule has 0 atom stereocenters. The third-order valence-corrected chi connectivity index (χ3v) is 5.82. The molecule has 0 spiro atoms. The largest absolute Gasteiger partial charge is 0.481 e. The summed E-state index contributed by atoms with van der Waals surface area (Å²) in [5.74, 6) is -1.00. The summed E-state index contributed by atoms with van der Waals surface area (Å²) in [4.78, 5) is 25.2. The van der Waals surface area contributed by atoms with Crippen LogP contribution in [0.3, 0.4) is 0 Å². The number of aliphatic carboxylic acids is 1. The van der Waals surface area contributed by atoms with Crippen molar-refractivity contribution in [3.63, 3.8) is 0 Å². The Bertz CT molecular complexity index is 657. The van der Waals surface area contributed by atoms with Crippen LogP contribution in [-0.2, 0) is 17.8 Å². The SMILES string of the molecule is O=C(O)C1CCC(NC(=O)N2CCc3c(ccc(Cl)c3Cl)C2)CC1. The number of fused-ring (bicyclic) bond motifs is 1. The minimum absolute atomic E-state index is 0.0586. The molecule has 1 aromatic rings. The number of amides is 2.